The van der Waals surface area contributed by atoms with Crippen LogP contribution in [0, 0.1) is 0 Å². The number of rotatable bonds is 7. The van der Waals surface area contributed by atoms with E-state index in [4.69, 9.17) is 9.84 Å². The van der Waals surface area contributed by atoms with E-state index >= 15 is 0 Å². The van der Waals surface area contributed by atoms with Crippen LogP contribution in [-0.4, -0.2) is 16.9 Å². The van der Waals surface area contributed by atoms with Crippen molar-refractivity contribution < 1.29 is 4.74 Å². The van der Waals surface area contributed by atoms with E-state index in [-0.39, 0.29) is 0 Å². The number of nitrogens with zero attached hydrogens (tertiary/aromatic N) is 2. The highest BCUT2D eigenvalue weighted by Crippen LogP contribution is 2.27. The Bertz CT molecular complexity index is 1030. The molecule has 1 heterocycles. The van der Waals surface area contributed by atoms with Crippen molar-refractivity contribution in [2.45, 2.75) is 13.1 Å². The van der Waals surface area contributed by atoms with Crippen LogP contribution < -0.4 is 10.1 Å². The van der Waals surface area contributed by atoms with Gasteiger partial charge in [-0.25, -0.2) is 4.68 Å². The first-order valence-electron chi connectivity index (χ1n) is 9.36. The monoisotopic (exact) mass is 369 g/mol. The zero-order valence-corrected chi connectivity index (χ0v) is 15.9. The van der Waals surface area contributed by atoms with Gasteiger partial charge >= 0.3 is 0 Å². The Balaban J connectivity index is 1.63. The summed E-state index contributed by atoms with van der Waals surface area (Å²) in [5, 5.41) is 8.41. The zero-order chi connectivity index (χ0) is 19.2. The average molecular weight is 369 g/mol. The van der Waals surface area contributed by atoms with Gasteiger partial charge in [-0.1, -0.05) is 60.7 Å². The van der Waals surface area contributed by atoms with Gasteiger partial charge in [0.05, 0.1) is 18.5 Å². The van der Waals surface area contributed by atoms with Crippen LogP contribution in [-0.2, 0) is 13.1 Å². The van der Waals surface area contributed by atoms with Gasteiger partial charge < -0.3 is 10.1 Å². The minimum atomic E-state index is 0.730. The fourth-order valence-corrected chi connectivity index (χ4v) is 3.20. The van der Waals surface area contributed by atoms with Gasteiger partial charge in [-0.3, -0.25) is 0 Å². The molecular formula is C24H23N3O. The molecule has 1 N–H and O–H groups in total. The summed E-state index contributed by atoms with van der Waals surface area (Å²) in [6.07, 6.45) is 2.10. The molecule has 0 atom stereocenters. The number of methoxy groups -OCH3 is 1. The number of hydrogen-bond donors (Lipinski definition) is 1. The fourth-order valence-electron chi connectivity index (χ4n) is 3.20. The molecule has 0 radical (unpaired) electrons. The Labute approximate surface area is 165 Å². The smallest absolute Gasteiger partial charge is 0.119 e. The Morgan fingerprint density at radius 3 is 2.36 bits per heavy atom. The molecule has 1 aromatic heterocycles. The first-order valence-corrected chi connectivity index (χ1v) is 9.36. The maximum Gasteiger partial charge on any atom is 0.119 e. The van der Waals surface area contributed by atoms with Crippen molar-refractivity contribution >= 4 is 0 Å². The standard InChI is InChI=1S/C24H23N3O/c1-28-23-14-8-11-20(15-23)24-21(17-25-16-19-9-4-2-5-10-19)18-27(26-24)22-12-6-3-7-13-22/h2-15,18,25H,16-17H2,1H3. The number of para-hydroxylation sites is 1. The highest BCUT2D eigenvalue weighted by Gasteiger charge is 2.13. The maximum absolute atomic E-state index is 5.40. The van der Waals surface area contributed by atoms with Crippen LogP contribution in [0.15, 0.2) is 91.1 Å². The van der Waals surface area contributed by atoms with Gasteiger partial charge in [-0.2, -0.15) is 5.10 Å². The summed E-state index contributed by atoms with van der Waals surface area (Å²) < 4.78 is 7.34. The summed E-state index contributed by atoms with van der Waals surface area (Å²) >= 11 is 0. The van der Waals surface area contributed by atoms with Gasteiger partial charge in [0.25, 0.3) is 0 Å². The van der Waals surface area contributed by atoms with Crippen molar-refractivity contribution in [3.05, 3.63) is 102 Å². The Morgan fingerprint density at radius 2 is 1.61 bits per heavy atom. The summed E-state index contributed by atoms with van der Waals surface area (Å²) in [6, 6.07) is 28.6. The third-order valence-electron chi connectivity index (χ3n) is 4.64. The number of benzene rings is 3. The predicted molar refractivity (Wildman–Crippen MR) is 113 cm³/mol. The van der Waals surface area contributed by atoms with Gasteiger partial charge in [0.2, 0.25) is 0 Å². The number of hydrogen-bond acceptors (Lipinski definition) is 3. The lowest BCUT2D eigenvalue weighted by Gasteiger charge is -2.07. The second kappa shape index (κ2) is 8.55. The molecule has 0 fully saturated rings. The fraction of sp³-hybridized carbons (Fsp3) is 0.125. The zero-order valence-electron chi connectivity index (χ0n) is 15.9. The molecule has 0 saturated carbocycles. The maximum atomic E-state index is 5.40. The minimum absolute atomic E-state index is 0.730. The molecule has 4 nitrogen and oxygen atoms in total. The Hall–Kier alpha value is -3.37. The molecule has 0 unspecified atom stereocenters. The van der Waals surface area contributed by atoms with Gasteiger partial charge in [-0.15, -0.1) is 0 Å². The topological polar surface area (TPSA) is 39.1 Å². The van der Waals surface area contributed by atoms with Gasteiger partial charge in [0, 0.05) is 30.4 Å². The van der Waals surface area contributed by atoms with E-state index in [1.807, 2.05) is 47.1 Å². The lowest BCUT2D eigenvalue weighted by atomic mass is 10.1. The van der Waals surface area contributed by atoms with E-state index in [2.05, 4.69) is 54.0 Å². The molecule has 4 aromatic rings. The van der Waals surface area contributed by atoms with Crippen LogP contribution in [0.2, 0.25) is 0 Å². The van der Waals surface area contributed by atoms with E-state index < -0.39 is 0 Å². The molecule has 0 spiro atoms. The lowest BCUT2D eigenvalue weighted by Crippen LogP contribution is -2.12. The van der Waals surface area contributed by atoms with Crippen LogP contribution in [0.1, 0.15) is 11.1 Å². The third kappa shape index (κ3) is 4.13. The van der Waals surface area contributed by atoms with Gasteiger partial charge in [0.1, 0.15) is 5.75 Å². The van der Waals surface area contributed by atoms with Crippen molar-refractivity contribution in [2.75, 3.05) is 7.11 Å². The van der Waals surface area contributed by atoms with Crippen molar-refractivity contribution in [3.8, 4) is 22.7 Å². The van der Waals surface area contributed by atoms with Crippen molar-refractivity contribution in [2.24, 2.45) is 0 Å². The van der Waals surface area contributed by atoms with E-state index in [0.29, 0.717) is 0 Å². The number of aromatic nitrogens is 2. The molecule has 0 saturated heterocycles. The average Bonchev–Trinajstić information content (AvgIpc) is 3.19. The quantitative estimate of drug-likeness (QED) is 0.507. The van der Waals surface area contributed by atoms with Crippen LogP contribution in [0.25, 0.3) is 16.9 Å². The Morgan fingerprint density at radius 1 is 0.857 bits per heavy atom. The molecule has 0 aliphatic heterocycles. The van der Waals surface area contributed by atoms with Crippen LogP contribution in [0.4, 0.5) is 0 Å². The predicted octanol–water partition coefficient (Wildman–Crippen LogP) is 4.84. The summed E-state index contributed by atoms with van der Waals surface area (Å²) in [5.41, 5.74) is 5.46. The molecule has 4 heteroatoms. The molecule has 0 amide bonds. The first-order chi connectivity index (χ1) is 13.8. The summed E-state index contributed by atoms with van der Waals surface area (Å²) in [6.45, 7) is 1.54. The first kappa shape index (κ1) is 18.0. The van der Waals surface area contributed by atoms with Crippen molar-refractivity contribution in [1.29, 1.82) is 0 Å². The highest BCUT2D eigenvalue weighted by molar-refractivity contribution is 5.65. The van der Waals surface area contributed by atoms with E-state index in [1.54, 1.807) is 7.11 Å². The molecule has 0 aliphatic rings. The third-order valence-corrected chi connectivity index (χ3v) is 4.64. The number of nitrogens with one attached hydrogen (secondary N) is 1. The minimum Gasteiger partial charge on any atom is -0.497 e. The van der Waals surface area contributed by atoms with Crippen molar-refractivity contribution in [1.82, 2.24) is 15.1 Å². The number of ether oxygens (including phenoxy) is 1. The molecular weight excluding hydrogens is 346 g/mol. The molecule has 0 aliphatic carbocycles. The van der Waals surface area contributed by atoms with Gasteiger partial charge in [-0.05, 0) is 29.8 Å². The van der Waals surface area contributed by atoms with E-state index in [1.165, 1.54) is 5.56 Å². The summed E-state index contributed by atoms with van der Waals surface area (Å²) in [4.78, 5) is 0. The molecule has 0 bridgehead atoms. The molecule has 3 aromatic carbocycles. The summed E-state index contributed by atoms with van der Waals surface area (Å²) in [7, 11) is 1.68. The van der Waals surface area contributed by atoms with E-state index in [9.17, 15) is 0 Å². The van der Waals surface area contributed by atoms with E-state index in [0.717, 1.165) is 41.3 Å². The second-order valence-electron chi connectivity index (χ2n) is 6.60. The van der Waals surface area contributed by atoms with Gasteiger partial charge in [0.15, 0.2) is 0 Å². The van der Waals surface area contributed by atoms with Crippen molar-refractivity contribution in [3.63, 3.8) is 0 Å². The molecule has 4 rings (SSSR count). The highest BCUT2D eigenvalue weighted by atomic mass is 16.5. The van der Waals surface area contributed by atoms with Crippen LogP contribution in [0.3, 0.4) is 0 Å². The molecule has 28 heavy (non-hydrogen) atoms. The van der Waals surface area contributed by atoms with Crippen LogP contribution >= 0.6 is 0 Å². The van der Waals surface area contributed by atoms with Crippen LogP contribution in [0.5, 0.6) is 5.75 Å². The SMILES string of the molecule is COc1cccc(-c2nn(-c3ccccc3)cc2CNCc2ccccc2)c1. The Kier molecular flexibility index (Phi) is 5.50. The largest absolute Gasteiger partial charge is 0.497 e. The summed E-state index contributed by atoms with van der Waals surface area (Å²) in [5.74, 6) is 0.829. The molecule has 140 valence electrons. The second-order valence-corrected chi connectivity index (χ2v) is 6.60. The normalized spacial score (nSPS) is 10.8. The lowest BCUT2D eigenvalue weighted by molar-refractivity contribution is 0.415.